The quantitative estimate of drug-likeness (QED) is 0.596. The Morgan fingerprint density at radius 1 is 1.35 bits per heavy atom. The highest BCUT2D eigenvalue weighted by Gasteiger charge is 2.22. The van der Waals surface area contributed by atoms with E-state index in [1.54, 1.807) is 0 Å². The molecule has 136 valence electrons. The number of fused-ring (bicyclic) bond motifs is 1. The lowest BCUT2D eigenvalue weighted by Gasteiger charge is -2.07. The maximum Gasteiger partial charge on any atom is 0.347 e. The normalized spacial score (nSPS) is 11.0. The van der Waals surface area contributed by atoms with Crippen LogP contribution < -0.4 is 4.74 Å². The van der Waals surface area contributed by atoms with Crippen molar-refractivity contribution in [2.45, 2.75) is 33.6 Å². The Morgan fingerprint density at radius 3 is 2.62 bits per heavy atom. The first-order valence-corrected chi connectivity index (χ1v) is 9.35. The third-order valence-electron chi connectivity index (χ3n) is 4.10. The van der Waals surface area contributed by atoms with E-state index in [0.717, 1.165) is 45.3 Å². The fraction of sp³-hybridized carbons (Fsp3) is 0.300. The smallest absolute Gasteiger partial charge is 0.347 e. The van der Waals surface area contributed by atoms with Gasteiger partial charge < -0.3 is 9.84 Å². The van der Waals surface area contributed by atoms with E-state index in [1.807, 2.05) is 49.4 Å². The molecular formula is C20H22N2O3S. The summed E-state index contributed by atoms with van der Waals surface area (Å²) in [5, 5.41) is 9.46. The monoisotopic (exact) mass is 370 g/mol. The molecule has 26 heavy (non-hydrogen) atoms. The predicted octanol–water partition coefficient (Wildman–Crippen LogP) is 4.98. The van der Waals surface area contributed by atoms with Crippen molar-refractivity contribution in [3.63, 3.8) is 0 Å². The van der Waals surface area contributed by atoms with Crippen LogP contribution in [0.3, 0.4) is 0 Å². The van der Waals surface area contributed by atoms with Crippen molar-refractivity contribution in [3.8, 4) is 17.0 Å². The lowest BCUT2D eigenvalue weighted by atomic mass is 10.1. The van der Waals surface area contributed by atoms with Crippen LogP contribution in [0.5, 0.6) is 5.75 Å². The van der Waals surface area contributed by atoms with Gasteiger partial charge in [0, 0.05) is 17.0 Å². The topological polar surface area (TPSA) is 63.8 Å². The van der Waals surface area contributed by atoms with Gasteiger partial charge in [0.15, 0.2) is 4.96 Å². The molecule has 0 unspecified atom stereocenters. The predicted molar refractivity (Wildman–Crippen MR) is 105 cm³/mol. The van der Waals surface area contributed by atoms with Crippen LogP contribution in [0, 0.1) is 6.92 Å². The molecule has 0 saturated carbocycles. The number of carbonyl (C=O) groups is 1. The minimum absolute atomic E-state index is 0.382. The first-order valence-electron chi connectivity index (χ1n) is 8.54. The molecule has 1 aromatic carbocycles. The number of aromatic nitrogens is 2. The summed E-state index contributed by atoms with van der Waals surface area (Å²) < 4.78 is 7.62. The third kappa shape index (κ3) is 3.37. The molecule has 0 atom stereocenters. The van der Waals surface area contributed by atoms with Crippen molar-refractivity contribution in [1.29, 1.82) is 0 Å². The van der Waals surface area contributed by atoms with Gasteiger partial charge in [0.1, 0.15) is 17.2 Å². The van der Waals surface area contributed by atoms with E-state index in [2.05, 4.69) is 6.58 Å². The first-order chi connectivity index (χ1) is 12.4. The van der Waals surface area contributed by atoms with Crippen molar-refractivity contribution in [1.82, 2.24) is 9.38 Å². The lowest BCUT2D eigenvalue weighted by molar-refractivity contribution is 0.0700. The summed E-state index contributed by atoms with van der Waals surface area (Å²) in [6.07, 6.45) is 1.60. The zero-order valence-electron chi connectivity index (χ0n) is 15.2. The fourth-order valence-corrected chi connectivity index (χ4v) is 3.99. The van der Waals surface area contributed by atoms with Gasteiger partial charge >= 0.3 is 5.97 Å². The summed E-state index contributed by atoms with van der Waals surface area (Å²) in [7, 11) is 0. The molecule has 0 aliphatic rings. The largest absolute Gasteiger partial charge is 0.489 e. The molecular weight excluding hydrogens is 348 g/mol. The van der Waals surface area contributed by atoms with Crippen molar-refractivity contribution >= 4 is 22.3 Å². The van der Waals surface area contributed by atoms with E-state index in [0.29, 0.717) is 17.9 Å². The second-order valence-corrected chi connectivity index (χ2v) is 7.34. The summed E-state index contributed by atoms with van der Waals surface area (Å²) >= 11 is 1.23. The number of nitrogens with zero attached hydrogens (tertiary/aromatic N) is 2. The Bertz CT molecular complexity index is 967. The Hall–Kier alpha value is -2.60. The van der Waals surface area contributed by atoms with Crippen LogP contribution in [0.25, 0.3) is 16.2 Å². The van der Waals surface area contributed by atoms with Gasteiger partial charge in [-0.15, -0.1) is 0 Å². The maximum atomic E-state index is 11.5. The number of carboxylic acids is 1. The van der Waals surface area contributed by atoms with E-state index >= 15 is 0 Å². The van der Waals surface area contributed by atoms with Crippen molar-refractivity contribution in [3.05, 3.63) is 52.7 Å². The average Bonchev–Trinajstić information content (AvgIpc) is 3.12. The van der Waals surface area contributed by atoms with Gasteiger partial charge in [0.05, 0.1) is 5.69 Å². The number of aromatic carboxylic acids is 1. The van der Waals surface area contributed by atoms with Crippen molar-refractivity contribution < 1.29 is 14.6 Å². The molecule has 6 heteroatoms. The molecule has 1 N–H and O–H groups in total. The fourth-order valence-electron chi connectivity index (χ4n) is 2.93. The van der Waals surface area contributed by atoms with Gasteiger partial charge in [0.2, 0.25) is 0 Å². The number of hydrogen-bond acceptors (Lipinski definition) is 4. The Balaban J connectivity index is 1.99. The van der Waals surface area contributed by atoms with Gasteiger partial charge in [-0.05, 0) is 50.1 Å². The zero-order valence-corrected chi connectivity index (χ0v) is 16.0. The van der Waals surface area contributed by atoms with Gasteiger partial charge in [-0.3, -0.25) is 4.40 Å². The number of ether oxygens (including phenoxy) is 1. The third-order valence-corrected chi connectivity index (χ3v) is 5.17. The van der Waals surface area contributed by atoms with Crippen molar-refractivity contribution in [2.75, 3.05) is 6.61 Å². The van der Waals surface area contributed by atoms with Crippen LogP contribution in [0.15, 0.2) is 36.4 Å². The summed E-state index contributed by atoms with van der Waals surface area (Å²) in [6, 6.07) is 7.79. The van der Waals surface area contributed by atoms with E-state index in [9.17, 15) is 9.90 Å². The van der Waals surface area contributed by atoms with Crippen LogP contribution in [0.2, 0.25) is 0 Å². The molecule has 0 spiro atoms. The van der Waals surface area contributed by atoms with E-state index in [-0.39, 0.29) is 0 Å². The molecule has 0 bridgehead atoms. The summed E-state index contributed by atoms with van der Waals surface area (Å²) in [4.78, 5) is 17.3. The SMILES string of the molecule is C=C(C)COc1ccc(-c2nc3sc(C(=O)O)c(CCC)n3c2C)cc1. The van der Waals surface area contributed by atoms with Crippen LogP contribution in [0.4, 0.5) is 0 Å². The number of benzene rings is 1. The second-order valence-electron chi connectivity index (χ2n) is 6.37. The molecule has 0 aliphatic carbocycles. The molecule has 2 aromatic heterocycles. The van der Waals surface area contributed by atoms with Crippen LogP contribution in [-0.2, 0) is 6.42 Å². The van der Waals surface area contributed by atoms with E-state index in [4.69, 9.17) is 9.72 Å². The molecule has 5 nitrogen and oxygen atoms in total. The number of carboxylic acid groups (broad SMARTS) is 1. The van der Waals surface area contributed by atoms with Crippen molar-refractivity contribution in [2.24, 2.45) is 0 Å². The molecule has 0 aliphatic heterocycles. The zero-order chi connectivity index (χ0) is 18.8. The second kappa shape index (κ2) is 7.33. The van der Waals surface area contributed by atoms with Crippen LogP contribution in [-0.4, -0.2) is 27.1 Å². The number of rotatable bonds is 7. The van der Waals surface area contributed by atoms with E-state index < -0.39 is 5.97 Å². The first kappa shape index (κ1) is 18.2. The summed E-state index contributed by atoms with van der Waals surface area (Å²) in [5.74, 6) is -0.0980. The van der Waals surface area contributed by atoms with Gasteiger partial charge in [0.25, 0.3) is 0 Å². The number of imidazole rings is 1. The molecule has 0 amide bonds. The minimum Gasteiger partial charge on any atom is -0.489 e. The number of hydrogen-bond donors (Lipinski definition) is 1. The molecule has 3 rings (SSSR count). The lowest BCUT2D eigenvalue weighted by Crippen LogP contribution is -2.02. The number of thiazole rings is 1. The highest BCUT2D eigenvalue weighted by molar-refractivity contribution is 7.19. The van der Waals surface area contributed by atoms with Crippen LogP contribution >= 0.6 is 11.3 Å². The van der Waals surface area contributed by atoms with Gasteiger partial charge in [-0.2, -0.15) is 0 Å². The average molecular weight is 370 g/mol. The van der Waals surface area contributed by atoms with Gasteiger partial charge in [-0.1, -0.05) is 31.3 Å². The molecule has 3 aromatic rings. The molecule has 0 saturated heterocycles. The standard InChI is InChI=1S/C20H22N2O3S/c1-5-6-16-18(19(23)24)26-20-21-17(13(4)22(16)20)14-7-9-15(10-8-14)25-11-12(2)3/h7-10H,2,5-6,11H2,1,3-4H3,(H,23,24). The Kier molecular flexibility index (Phi) is 5.13. The Labute approximate surface area is 156 Å². The van der Waals surface area contributed by atoms with Crippen LogP contribution in [0.1, 0.15) is 41.3 Å². The Morgan fingerprint density at radius 2 is 2.04 bits per heavy atom. The molecule has 0 radical (unpaired) electrons. The summed E-state index contributed by atoms with van der Waals surface area (Å²) in [6.45, 7) is 10.3. The van der Waals surface area contributed by atoms with E-state index in [1.165, 1.54) is 11.3 Å². The highest BCUT2D eigenvalue weighted by Crippen LogP contribution is 2.32. The maximum absolute atomic E-state index is 11.5. The number of aryl methyl sites for hydroxylation is 2. The molecule has 2 heterocycles. The van der Waals surface area contributed by atoms with Gasteiger partial charge in [-0.25, -0.2) is 9.78 Å². The summed E-state index contributed by atoms with van der Waals surface area (Å²) in [5.41, 5.74) is 4.62. The highest BCUT2D eigenvalue weighted by atomic mass is 32.1. The molecule has 0 fully saturated rings. The minimum atomic E-state index is -0.885.